The molecular formula is C15H24N2O2S. The number of carbonyl (C=O) groups excluding carboxylic acids is 1. The van der Waals surface area contributed by atoms with Crippen molar-refractivity contribution in [2.24, 2.45) is 5.73 Å². The molecule has 1 aromatic heterocycles. The number of amides is 1. The largest absolute Gasteiger partial charge is 0.381 e. The summed E-state index contributed by atoms with van der Waals surface area (Å²) in [7, 11) is 1.73. The van der Waals surface area contributed by atoms with E-state index in [0.29, 0.717) is 13.0 Å². The zero-order valence-corrected chi connectivity index (χ0v) is 12.9. The van der Waals surface area contributed by atoms with Crippen LogP contribution >= 0.6 is 11.3 Å². The lowest BCUT2D eigenvalue weighted by Gasteiger charge is -2.38. The van der Waals surface area contributed by atoms with E-state index in [2.05, 4.69) is 17.5 Å². The Labute approximate surface area is 124 Å². The average molecular weight is 296 g/mol. The van der Waals surface area contributed by atoms with Crippen molar-refractivity contribution < 1.29 is 9.53 Å². The highest BCUT2D eigenvalue weighted by Gasteiger charge is 2.30. The highest BCUT2D eigenvalue weighted by Crippen LogP contribution is 2.21. The Morgan fingerprint density at radius 2 is 2.45 bits per heavy atom. The van der Waals surface area contributed by atoms with E-state index in [0.717, 1.165) is 32.2 Å². The second kappa shape index (κ2) is 7.76. The number of piperidine rings is 1. The van der Waals surface area contributed by atoms with Crippen LogP contribution in [0.4, 0.5) is 0 Å². The summed E-state index contributed by atoms with van der Waals surface area (Å²) in [5, 5.41) is 2.08. The minimum Gasteiger partial charge on any atom is -0.381 e. The fraction of sp³-hybridized carbons (Fsp3) is 0.667. The van der Waals surface area contributed by atoms with Crippen LogP contribution in [0, 0.1) is 0 Å². The molecule has 1 amide bonds. The molecule has 0 radical (unpaired) electrons. The van der Waals surface area contributed by atoms with Crippen molar-refractivity contribution in [3.05, 3.63) is 22.4 Å². The Hall–Kier alpha value is -0.910. The maximum Gasteiger partial charge on any atom is 0.222 e. The van der Waals surface area contributed by atoms with Crippen LogP contribution in [-0.4, -0.2) is 43.2 Å². The van der Waals surface area contributed by atoms with Crippen molar-refractivity contribution in [1.29, 1.82) is 0 Å². The monoisotopic (exact) mass is 296 g/mol. The van der Waals surface area contributed by atoms with Gasteiger partial charge in [0.25, 0.3) is 0 Å². The first kappa shape index (κ1) is 15.5. The highest BCUT2D eigenvalue weighted by atomic mass is 32.1. The maximum absolute atomic E-state index is 12.3. The summed E-state index contributed by atoms with van der Waals surface area (Å²) in [5.74, 6) is 0.242. The molecule has 0 aliphatic carbocycles. The topological polar surface area (TPSA) is 55.6 Å². The Kier molecular flexibility index (Phi) is 6.01. The molecule has 2 N–H and O–H groups in total. The summed E-state index contributed by atoms with van der Waals surface area (Å²) in [4.78, 5) is 15.6. The normalized spacial score (nSPS) is 23.0. The second-order valence-corrected chi connectivity index (χ2v) is 6.32. The third-order valence-electron chi connectivity index (χ3n) is 3.99. The maximum atomic E-state index is 12.3. The summed E-state index contributed by atoms with van der Waals surface area (Å²) in [6.45, 7) is 1.30. The molecule has 2 rings (SSSR count). The van der Waals surface area contributed by atoms with E-state index in [9.17, 15) is 4.79 Å². The SMILES string of the molecule is COC1CCN(C(=O)CCCc2cccs2)C(CN)C1. The molecule has 1 aromatic rings. The molecule has 20 heavy (non-hydrogen) atoms. The van der Waals surface area contributed by atoms with Gasteiger partial charge in [0.15, 0.2) is 0 Å². The number of ether oxygens (including phenoxy) is 1. The van der Waals surface area contributed by atoms with Gasteiger partial charge in [-0.1, -0.05) is 6.07 Å². The lowest BCUT2D eigenvalue weighted by atomic mass is 9.98. The average Bonchev–Trinajstić information content (AvgIpc) is 2.99. The van der Waals surface area contributed by atoms with Gasteiger partial charge in [-0.2, -0.15) is 0 Å². The van der Waals surface area contributed by atoms with E-state index >= 15 is 0 Å². The van der Waals surface area contributed by atoms with Crippen LogP contribution < -0.4 is 5.73 Å². The molecule has 2 unspecified atom stereocenters. The summed E-state index contributed by atoms with van der Waals surface area (Å²) in [6, 6.07) is 4.33. The van der Waals surface area contributed by atoms with Crippen molar-refractivity contribution >= 4 is 17.2 Å². The van der Waals surface area contributed by atoms with Crippen molar-refractivity contribution in [2.75, 3.05) is 20.2 Å². The molecule has 5 heteroatoms. The molecule has 0 saturated carbocycles. The fourth-order valence-electron chi connectivity index (χ4n) is 2.79. The number of carbonyl (C=O) groups is 1. The smallest absolute Gasteiger partial charge is 0.222 e. The van der Waals surface area contributed by atoms with Crippen LogP contribution in [0.3, 0.4) is 0 Å². The minimum atomic E-state index is 0.142. The van der Waals surface area contributed by atoms with Gasteiger partial charge >= 0.3 is 0 Å². The molecule has 1 saturated heterocycles. The van der Waals surface area contributed by atoms with Gasteiger partial charge in [-0.05, 0) is 37.1 Å². The molecule has 112 valence electrons. The molecule has 0 spiro atoms. The van der Waals surface area contributed by atoms with E-state index in [1.54, 1.807) is 18.4 Å². The van der Waals surface area contributed by atoms with Crippen LogP contribution in [-0.2, 0) is 16.0 Å². The Morgan fingerprint density at radius 1 is 1.60 bits per heavy atom. The number of thiophene rings is 1. The second-order valence-electron chi connectivity index (χ2n) is 5.29. The molecule has 2 atom stereocenters. The first-order valence-corrected chi connectivity index (χ1v) is 8.17. The lowest BCUT2D eigenvalue weighted by molar-refractivity contribution is -0.136. The van der Waals surface area contributed by atoms with E-state index in [1.165, 1.54) is 4.88 Å². The van der Waals surface area contributed by atoms with Crippen LogP contribution in [0.2, 0.25) is 0 Å². The van der Waals surface area contributed by atoms with Gasteiger partial charge < -0.3 is 15.4 Å². The van der Waals surface area contributed by atoms with Crippen LogP contribution in [0.25, 0.3) is 0 Å². The summed E-state index contributed by atoms with van der Waals surface area (Å²) < 4.78 is 5.39. The van der Waals surface area contributed by atoms with Gasteiger partial charge in [0.05, 0.1) is 6.10 Å². The van der Waals surface area contributed by atoms with Crippen molar-refractivity contribution in [1.82, 2.24) is 4.90 Å². The standard InChI is InChI=1S/C15H24N2O2S/c1-19-13-7-8-17(12(10-13)11-16)15(18)6-2-4-14-5-3-9-20-14/h3,5,9,12-13H,2,4,6-8,10-11,16H2,1H3. The van der Waals surface area contributed by atoms with Gasteiger partial charge in [0.2, 0.25) is 5.91 Å². The van der Waals surface area contributed by atoms with Gasteiger partial charge in [0, 0.05) is 37.5 Å². The predicted molar refractivity (Wildman–Crippen MR) is 81.8 cm³/mol. The van der Waals surface area contributed by atoms with Gasteiger partial charge in [-0.15, -0.1) is 11.3 Å². The molecular weight excluding hydrogens is 272 g/mol. The molecule has 2 heterocycles. The van der Waals surface area contributed by atoms with Crippen molar-refractivity contribution in [3.63, 3.8) is 0 Å². The summed E-state index contributed by atoms with van der Waals surface area (Å²) in [6.07, 6.45) is 4.56. The van der Waals surface area contributed by atoms with Gasteiger partial charge in [-0.25, -0.2) is 0 Å². The quantitative estimate of drug-likeness (QED) is 0.874. The first-order valence-electron chi connectivity index (χ1n) is 7.29. The summed E-state index contributed by atoms with van der Waals surface area (Å²) in [5.41, 5.74) is 5.81. The minimum absolute atomic E-state index is 0.142. The number of hydrogen-bond acceptors (Lipinski definition) is 4. The van der Waals surface area contributed by atoms with E-state index in [1.807, 2.05) is 4.90 Å². The predicted octanol–water partition coefficient (Wildman–Crippen LogP) is 2.04. The van der Waals surface area contributed by atoms with Gasteiger partial charge in [0.1, 0.15) is 0 Å². The molecule has 4 nitrogen and oxygen atoms in total. The molecule has 0 bridgehead atoms. The molecule has 0 aromatic carbocycles. The fourth-order valence-corrected chi connectivity index (χ4v) is 3.54. The van der Waals surface area contributed by atoms with Crippen molar-refractivity contribution in [3.8, 4) is 0 Å². The van der Waals surface area contributed by atoms with Crippen LogP contribution in [0.15, 0.2) is 17.5 Å². The summed E-state index contributed by atoms with van der Waals surface area (Å²) >= 11 is 1.76. The number of likely N-dealkylation sites (tertiary alicyclic amines) is 1. The Bertz CT molecular complexity index is 408. The Balaban J connectivity index is 1.78. The van der Waals surface area contributed by atoms with Crippen LogP contribution in [0.5, 0.6) is 0 Å². The number of nitrogens with two attached hydrogens (primary N) is 1. The van der Waals surface area contributed by atoms with Crippen molar-refractivity contribution in [2.45, 2.75) is 44.2 Å². The number of rotatable bonds is 6. The molecule has 1 aliphatic heterocycles. The van der Waals surface area contributed by atoms with Gasteiger partial charge in [-0.3, -0.25) is 4.79 Å². The van der Waals surface area contributed by atoms with E-state index in [4.69, 9.17) is 10.5 Å². The van der Waals surface area contributed by atoms with Crippen LogP contribution in [0.1, 0.15) is 30.6 Å². The number of nitrogens with zero attached hydrogens (tertiary/aromatic N) is 1. The highest BCUT2D eigenvalue weighted by molar-refractivity contribution is 7.09. The number of aryl methyl sites for hydroxylation is 1. The zero-order chi connectivity index (χ0) is 14.4. The first-order chi connectivity index (χ1) is 9.74. The van der Waals surface area contributed by atoms with E-state index < -0.39 is 0 Å². The molecule has 1 aliphatic rings. The number of hydrogen-bond donors (Lipinski definition) is 1. The number of methoxy groups -OCH3 is 1. The molecule has 1 fully saturated rings. The van der Waals surface area contributed by atoms with E-state index in [-0.39, 0.29) is 18.1 Å². The third kappa shape index (κ3) is 4.04. The Morgan fingerprint density at radius 3 is 3.10 bits per heavy atom. The third-order valence-corrected chi connectivity index (χ3v) is 4.92. The zero-order valence-electron chi connectivity index (χ0n) is 12.1. The lowest BCUT2D eigenvalue weighted by Crippen LogP contribution is -2.51.